The molecule has 1 fully saturated rings. The standard InChI is InChI=1S/C12H21N3O5/c1-11(2,7-8(13)16)14-10(19)15-12(9(17)18)3-5-20-6-4-12/h3-7H2,1-2H3,(H2,13,16)(H,17,18)(H2,14,15,19). The lowest BCUT2D eigenvalue weighted by atomic mass is 9.90. The molecule has 1 aliphatic rings. The van der Waals surface area contributed by atoms with Crippen LogP contribution in [-0.2, 0) is 14.3 Å². The third kappa shape index (κ3) is 4.37. The number of ether oxygens (including phenoxy) is 1. The molecule has 1 rings (SSSR count). The van der Waals surface area contributed by atoms with E-state index < -0.39 is 29.0 Å². The fourth-order valence-electron chi connectivity index (χ4n) is 2.15. The largest absolute Gasteiger partial charge is 0.480 e. The van der Waals surface area contributed by atoms with E-state index in [4.69, 9.17) is 10.5 Å². The Hall–Kier alpha value is -1.83. The predicted octanol–water partition coefficient (Wildman–Crippen LogP) is -0.427. The molecular formula is C12H21N3O5. The maximum absolute atomic E-state index is 11.9. The summed E-state index contributed by atoms with van der Waals surface area (Å²) in [6, 6.07) is -0.638. The van der Waals surface area contributed by atoms with Gasteiger partial charge in [0, 0.05) is 38.0 Å². The van der Waals surface area contributed by atoms with E-state index >= 15 is 0 Å². The molecule has 0 aromatic rings. The summed E-state index contributed by atoms with van der Waals surface area (Å²) in [6.07, 6.45) is 0.363. The van der Waals surface area contributed by atoms with Crippen LogP contribution < -0.4 is 16.4 Å². The number of hydrogen-bond donors (Lipinski definition) is 4. The minimum absolute atomic E-state index is 0.0381. The molecule has 0 aromatic carbocycles. The Morgan fingerprint density at radius 3 is 2.30 bits per heavy atom. The minimum Gasteiger partial charge on any atom is -0.480 e. The molecule has 0 atom stereocenters. The van der Waals surface area contributed by atoms with Gasteiger partial charge < -0.3 is 26.2 Å². The van der Waals surface area contributed by atoms with E-state index in [2.05, 4.69) is 10.6 Å². The maximum Gasteiger partial charge on any atom is 0.329 e. The molecule has 0 unspecified atom stereocenters. The predicted molar refractivity (Wildman–Crippen MR) is 70.0 cm³/mol. The Morgan fingerprint density at radius 2 is 1.85 bits per heavy atom. The first-order valence-electron chi connectivity index (χ1n) is 6.37. The normalized spacial score (nSPS) is 18.1. The molecule has 0 bridgehead atoms. The smallest absolute Gasteiger partial charge is 0.329 e. The van der Waals surface area contributed by atoms with Gasteiger partial charge in [0.2, 0.25) is 5.91 Å². The highest BCUT2D eigenvalue weighted by Gasteiger charge is 2.42. The highest BCUT2D eigenvalue weighted by molar-refractivity contribution is 5.87. The number of rotatable bonds is 5. The van der Waals surface area contributed by atoms with Crippen molar-refractivity contribution in [3.63, 3.8) is 0 Å². The first-order valence-corrected chi connectivity index (χ1v) is 6.37. The zero-order chi connectivity index (χ0) is 15.4. The fourth-order valence-corrected chi connectivity index (χ4v) is 2.15. The SMILES string of the molecule is CC(C)(CC(N)=O)NC(=O)NC1(C(=O)O)CCOCC1. The van der Waals surface area contributed by atoms with Crippen molar-refractivity contribution < 1.29 is 24.2 Å². The molecule has 0 spiro atoms. The molecular weight excluding hydrogens is 266 g/mol. The van der Waals surface area contributed by atoms with E-state index in [9.17, 15) is 19.5 Å². The van der Waals surface area contributed by atoms with Crippen molar-refractivity contribution in [2.24, 2.45) is 5.73 Å². The summed E-state index contributed by atoms with van der Waals surface area (Å²) in [4.78, 5) is 34.2. The van der Waals surface area contributed by atoms with Crippen LogP contribution in [0.1, 0.15) is 33.1 Å². The van der Waals surface area contributed by atoms with Crippen LogP contribution >= 0.6 is 0 Å². The average molecular weight is 287 g/mol. The van der Waals surface area contributed by atoms with Gasteiger partial charge in [-0.25, -0.2) is 9.59 Å². The molecule has 20 heavy (non-hydrogen) atoms. The fraction of sp³-hybridized carbons (Fsp3) is 0.750. The van der Waals surface area contributed by atoms with Gasteiger partial charge in [0.15, 0.2) is 0 Å². The summed E-state index contributed by atoms with van der Waals surface area (Å²) >= 11 is 0. The number of carboxylic acids is 1. The molecule has 8 heteroatoms. The van der Waals surface area contributed by atoms with Gasteiger partial charge in [-0.2, -0.15) is 0 Å². The van der Waals surface area contributed by atoms with Crippen molar-refractivity contribution in [3.8, 4) is 0 Å². The summed E-state index contributed by atoms with van der Waals surface area (Å²) in [6.45, 7) is 3.82. The van der Waals surface area contributed by atoms with Gasteiger partial charge in [-0.3, -0.25) is 4.79 Å². The summed E-state index contributed by atoms with van der Waals surface area (Å²) in [5.41, 5.74) is 2.92. The molecule has 0 aliphatic carbocycles. The average Bonchev–Trinajstić information content (AvgIpc) is 2.26. The number of aliphatic carboxylic acids is 1. The van der Waals surface area contributed by atoms with Crippen LogP contribution in [0.5, 0.6) is 0 Å². The lowest BCUT2D eigenvalue weighted by Crippen LogP contribution is -2.62. The van der Waals surface area contributed by atoms with E-state index in [0.29, 0.717) is 0 Å². The first-order chi connectivity index (χ1) is 9.17. The van der Waals surface area contributed by atoms with Gasteiger partial charge in [-0.1, -0.05) is 0 Å². The van der Waals surface area contributed by atoms with Gasteiger partial charge in [0.25, 0.3) is 0 Å². The van der Waals surface area contributed by atoms with Crippen molar-refractivity contribution in [1.29, 1.82) is 0 Å². The summed E-state index contributed by atoms with van der Waals surface area (Å²) in [5.74, 6) is -1.64. The lowest BCUT2D eigenvalue weighted by molar-refractivity contribution is -0.148. The Bertz CT molecular complexity index is 402. The van der Waals surface area contributed by atoms with Gasteiger partial charge in [-0.05, 0) is 13.8 Å². The third-order valence-electron chi connectivity index (χ3n) is 3.18. The highest BCUT2D eigenvalue weighted by Crippen LogP contribution is 2.21. The third-order valence-corrected chi connectivity index (χ3v) is 3.18. The molecule has 3 amide bonds. The topological polar surface area (TPSA) is 131 Å². The second-order valence-corrected chi connectivity index (χ2v) is 5.61. The summed E-state index contributed by atoms with van der Waals surface area (Å²) in [5, 5.41) is 14.3. The lowest BCUT2D eigenvalue weighted by Gasteiger charge is -2.35. The minimum atomic E-state index is -1.33. The molecule has 5 N–H and O–H groups in total. The molecule has 0 radical (unpaired) electrons. The molecule has 114 valence electrons. The van der Waals surface area contributed by atoms with E-state index in [1.54, 1.807) is 13.8 Å². The number of hydrogen-bond acceptors (Lipinski definition) is 4. The number of carboxylic acid groups (broad SMARTS) is 1. The van der Waals surface area contributed by atoms with Crippen LogP contribution in [0, 0.1) is 0 Å². The molecule has 1 saturated heterocycles. The zero-order valence-corrected chi connectivity index (χ0v) is 11.7. The Labute approximate surface area is 117 Å². The van der Waals surface area contributed by atoms with E-state index in [0.717, 1.165) is 0 Å². The second kappa shape index (κ2) is 6.08. The summed E-state index contributed by atoms with van der Waals surface area (Å²) < 4.78 is 5.11. The van der Waals surface area contributed by atoms with E-state index in [1.165, 1.54) is 0 Å². The number of carbonyl (C=O) groups excluding carboxylic acids is 2. The van der Waals surface area contributed by atoms with Crippen molar-refractivity contribution in [2.75, 3.05) is 13.2 Å². The number of primary amides is 1. The molecule has 1 heterocycles. The maximum atomic E-state index is 11.9. The molecule has 0 saturated carbocycles. The second-order valence-electron chi connectivity index (χ2n) is 5.61. The summed E-state index contributed by atoms with van der Waals surface area (Å²) in [7, 11) is 0. The van der Waals surface area contributed by atoms with Crippen molar-refractivity contribution in [2.45, 2.75) is 44.2 Å². The number of urea groups is 1. The Morgan fingerprint density at radius 1 is 1.30 bits per heavy atom. The number of nitrogens with two attached hydrogens (primary N) is 1. The van der Waals surface area contributed by atoms with Crippen LogP contribution in [0.25, 0.3) is 0 Å². The van der Waals surface area contributed by atoms with Gasteiger partial charge in [0.1, 0.15) is 5.54 Å². The van der Waals surface area contributed by atoms with Crippen molar-refractivity contribution >= 4 is 17.9 Å². The van der Waals surface area contributed by atoms with Crippen LogP contribution in [0.15, 0.2) is 0 Å². The van der Waals surface area contributed by atoms with Gasteiger partial charge in [0.05, 0.1) is 0 Å². The van der Waals surface area contributed by atoms with Gasteiger partial charge in [-0.15, -0.1) is 0 Å². The van der Waals surface area contributed by atoms with Crippen molar-refractivity contribution in [3.05, 3.63) is 0 Å². The van der Waals surface area contributed by atoms with E-state index in [-0.39, 0.29) is 32.5 Å². The highest BCUT2D eigenvalue weighted by atomic mass is 16.5. The van der Waals surface area contributed by atoms with Crippen LogP contribution in [0.2, 0.25) is 0 Å². The number of nitrogens with one attached hydrogen (secondary N) is 2. The van der Waals surface area contributed by atoms with Crippen LogP contribution in [0.3, 0.4) is 0 Å². The molecule has 1 aliphatic heterocycles. The quantitative estimate of drug-likeness (QED) is 0.545. The van der Waals surface area contributed by atoms with Crippen LogP contribution in [-0.4, -0.2) is 47.3 Å². The van der Waals surface area contributed by atoms with Crippen LogP contribution in [0.4, 0.5) is 4.79 Å². The molecule has 0 aromatic heterocycles. The number of amides is 3. The van der Waals surface area contributed by atoms with E-state index in [1.807, 2.05) is 0 Å². The first kappa shape index (κ1) is 16.2. The Balaban J connectivity index is 2.67. The number of carbonyl (C=O) groups is 3. The van der Waals surface area contributed by atoms with Crippen molar-refractivity contribution in [1.82, 2.24) is 10.6 Å². The molecule has 8 nitrogen and oxygen atoms in total. The zero-order valence-electron chi connectivity index (χ0n) is 11.7. The van der Waals surface area contributed by atoms with Gasteiger partial charge >= 0.3 is 12.0 Å². The Kier molecular flexibility index (Phi) is 4.93. The monoisotopic (exact) mass is 287 g/mol.